The zero-order chi connectivity index (χ0) is 33.3. The van der Waals surface area contributed by atoms with Crippen LogP contribution in [0.4, 0.5) is 30.4 Å². The second-order valence-electron chi connectivity index (χ2n) is 10.5. The van der Waals surface area contributed by atoms with Crippen LogP contribution >= 0.6 is 11.3 Å². The van der Waals surface area contributed by atoms with Gasteiger partial charge in [-0.2, -0.15) is 13.2 Å². The quantitative estimate of drug-likeness (QED) is 0.166. The number of aryl methyl sites for hydroxylation is 2. The van der Waals surface area contributed by atoms with Crippen molar-refractivity contribution >= 4 is 56.5 Å². The van der Waals surface area contributed by atoms with E-state index in [1.165, 1.54) is 40.7 Å². The maximum Gasteiger partial charge on any atom is 0.416 e. The van der Waals surface area contributed by atoms with Crippen LogP contribution < -0.4 is 16.0 Å². The summed E-state index contributed by atoms with van der Waals surface area (Å²) in [7, 11) is 0. The van der Waals surface area contributed by atoms with Crippen molar-refractivity contribution in [1.82, 2.24) is 19.5 Å². The molecule has 0 aliphatic heterocycles. The number of halogens is 3. The van der Waals surface area contributed by atoms with E-state index >= 15 is 0 Å². The van der Waals surface area contributed by atoms with Crippen molar-refractivity contribution in [1.29, 1.82) is 0 Å². The number of imidazole rings is 1. The van der Waals surface area contributed by atoms with Gasteiger partial charge in [0, 0.05) is 39.8 Å². The number of alkyl halides is 3. The minimum absolute atomic E-state index is 0.122. The first-order valence-electron chi connectivity index (χ1n) is 14.0. The highest BCUT2D eigenvalue weighted by Gasteiger charge is 2.32. The van der Waals surface area contributed by atoms with Gasteiger partial charge in [-0.15, -0.1) is 11.3 Å². The van der Waals surface area contributed by atoms with E-state index in [-0.39, 0.29) is 34.2 Å². The van der Waals surface area contributed by atoms with Gasteiger partial charge in [0.1, 0.15) is 6.33 Å². The Kier molecular flexibility index (Phi) is 8.26. The standard InChI is InChI=1S/C33H24F3N7O3S/c1-18-8-9-23(40-31(45)21-10-22(33(34,35)36)12-24(11-21)43-14-19(2)39-17-43)13-26(18)41-32(46)25-15-47-28-27(25)37-16-38-29(28)42-30(44)20-6-4-3-5-7-20/h3-17H,1-2H3,(H,40,45)(H,41,46)(H,37,38,42,44). The topological polar surface area (TPSA) is 131 Å². The van der Waals surface area contributed by atoms with Crippen molar-refractivity contribution in [2.75, 3.05) is 16.0 Å². The number of rotatable bonds is 7. The molecule has 6 rings (SSSR count). The number of anilines is 3. The first kappa shape index (κ1) is 31.1. The van der Waals surface area contributed by atoms with E-state index in [2.05, 4.69) is 30.9 Å². The Hall–Kier alpha value is -5.89. The van der Waals surface area contributed by atoms with Crippen molar-refractivity contribution in [2.24, 2.45) is 0 Å². The monoisotopic (exact) mass is 655 g/mol. The molecule has 0 saturated carbocycles. The van der Waals surface area contributed by atoms with Gasteiger partial charge in [-0.05, 0) is 61.9 Å². The summed E-state index contributed by atoms with van der Waals surface area (Å²) in [5.41, 5.74) is 1.80. The van der Waals surface area contributed by atoms with Gasteiger partial charge >= 0.3 is 6.18 Å². The molecule has 0 atom stereocenters. The van der Waals surface area contributed by atoms with Crippen molar-refractivity contribution in [3.63, 3.8) is 0 Å². The number of benzene rings is 3. The Balaban J connectivity index is 1.22. The average molecular weight is 656 g/mol. The molecule has 0 spiro atoms. The number of hydrogen-bond donors (Lipinski definition) is 3. The van der Waals surface area contributed by atoms with Crippen LogP contribution in [0.5, 0.6) is 0 Å². The zero-order valence-corrected chi connectivity index (χ0v) is 25.5. The molecule has 0 saturated heterocycles. The summed E-state index contributed by atoms with van der Waals surface area (Å²) in [5, 5.41) is 9.80. The van der Waals surface area contributed by atoms with E-state index in [0.29, 0.717) is 32.7 Å². The second-order valence-corrected chi connectivity index (χ2v) is 11.4. The van der Waals surface area contributed by atoms with Gasteiger partial charge in [0.05, 0.1) is 33.4 Å². The molecule has 47 heavy (non-hydrogen) atoms. The fraction of sp³-hybridized carbons (Fsp3) is 0.0909. The van der Waals surface area contributed by atoms with Gasteiger partial charge < -0.3 is 20.5 Å². The first-order valence-corrected chi connectivity index (χ1v) is 14.9. The van der Waals surface area contributed by atoms with Crippen LogP contribution in [-0.2, 0) is 6.18 Å². The molecule has 10 nitrogen and oxygen atoms in total. The van der Waals surface area contributed by atoms with E-state index in [1.54, 1.807) is 67.9 Å². The number of fused-ring (bicyclic) bond motifs is 1. The summed E-state index contributed by atoms with van der Waals surface area (Å²) in [5.74, 6) is -1.38. The summed E-state index contributed by atoms with van der Waals surface area (Å²) in [6.07, 6.45) is -0.518. The molecule has 3 aromatic carbocycles. The number of thiophene rings is 1. The predicted molar refractivity (Wildman–Crippen MR) is 172 cm³/mol. The lowest BCUT2D eigenvalue weighted by Crippen LogP contribution is -2.16. The van der Waals surface area contributed by atoms with Crippen LogP contribution in [0.3, 0.4) is 0 Å². The third-order valence-electron chi connectivity index (χ3n) is 7.13. The van der Waals surface area contributed by atoms with Crippen molar-refractivity contribution in [3.05, 3.63) is 124 Å². The molecule has 236 valence electrons. The molecule has 0 fully saturated rings. The van der Waals surface area contributed by atoms with E-state index < -0.39 is 23.6 Å². The fourth-order valence-electron chi connectivity index (χ4n) is 4.71. The normalized spacial score (nSPS) is 11.3. The minimum Gasteiger partial charge on any atom is -0.322 e. The largest absolute Gasteiger partial charge is 0.416 e. The SMILES string of the molecule is Cc1cn(-c2cc(C(=O)Nc3ccc(C)c(NC(=O)c4csc5c(NC(=O)c6ccccc6)ncnc45)c3)cc(C(F)(F)F)c2)cn1. The van der Waals surface area contributed by atoms with Gasteiger partial charge in [-0.3, -0.25) is 14.4 Å². The van der Waals surface area contributed by atoms with Gasteiger partial charge in [0.2, 0.25) is 0 Å². The molecule has 0 radical (unpaired) electrons. The molecule has 3 heterocycles. The predicted octanol–water partition coefficient (Wildman–Crippen LogP) is 7.27. The molecule has 14 heteroatoms. The lowest BCUT2D eigenvalue weighted by molar-refractivity contribution is -0.137. The third kappa shape index (κ3) is 6.72. The maximum absolute atomic E-state index is 13.7. The van der Waals surface area contributed by atoms with Crippen LogP contribution in [0.2, 0.25) is 0 Å². The summed E-state index contributed by atoms with van der Waals surface area (Å²) >= 11 is 1.19. The van der Waals surface area contributed by atoms with Crippen LogP contribution in [0.25, 0.3) is 15.9 Å². The van der Waals surface area contributed by atoms with Gasteiger partial charge in [0.25, 0.3) is 17.7 Å². The Labute approximate surface area is 269 Å². The maximum atomic E-state index is 13.7. The summed E-state index contributed by atoms with van der Waals surface area (Å²) < 4.78 is 43.1. The lowest BCUT2D eigenvalue weighted by atomic mass is 10.1. The second kappa shape index (κ2) is 12.5. The van der Waals surface area contributed by atoms with Crippen molar-refractivity contribution < 1.29 is 27.6 Å². The number of aromatic nitrogens is 4. The Morgan fingerprint density at radius 1 is 0.809 bits per heavy atom. The number of amides is 3. The molecule has 0 aliphatic carbocycles. The molecule has 0 aliphatic rings. The average Bonchev–Trinajstić information content (AvgIpc) is 3.69. The van der Waals surface area contributed by atoms with Crippen LogP contribution in [0.1, 0.15) is 47.9 Å². The number of carbonyl (C=O) groups is 3. The smallest absolute Gasteiger partial charge is 0.322 e. The zero-order valence-electron chi connectivity index (χ0n) is 24.7. The van der Waals surface area contributed by atoms with E-state index in [9.17, 15) is 27.6 Å². The highest BCUT2D eigenvalue weighted by Crippen LogP contribution is 2.33. The summed E-state index contributed by atoms with van der Waals surface area (Å²) in [6, 6.07) is 16.4. The van der Waals surface area contributed by atoms with Gasteiger partial charge in [0.15, 0.2) is 5.82 Å². The highest BCUT2D eigenvalue weighted by atomic mass is 32.1. The molecular weight excluding hydrogens is 631 g/mol. The van der Waals surface area contributed by atoms with Gasteiger partial charge in [-0.25, -0.2) is 15.0 Å². The first-order chi connectivity index (χ1) is 22.5. The molecule has 3 N–H and O–H groups in total. The minimum atomic E-state index is -4.69. The fourth-order valence-corrected chi connectivity index (χ4v) is 5.66. The number of carbonyl (C=O) groups excluding carboxylic acids is 3. The lowest BCUT2D eigenvalue weighted by Gasteiger charge is -2.14. The summed E-state index contributed by atoms with van der Waals surface area (Å²) in [6.45, 7) is 3.45. The number of nitrogens with one attached hydrogen (secondary N) is 3. The van der Waals surface area contributed by atoms with Crippen molar-refractivity contribution in [2.45, 2.75) is 20.0 Å². The molecule has 6 aromatic rings. The number of hydrogen-bond acceptors (Lipinski definition) is 7. The van der Waals surface area contributed by atoms with E-state index in [4.69, 9.17) is 0 Å². The molecular formula is C33H24F3N7O3S. The van der Waals surface area contributed by atoms with Gasteiger partial charge in [-0.1, -0.05) is 24.3 Å². The Bertz CT molecular complexity index is 2160. The Morgan fingerprint density at radius 3 is 2.30 bits per heavy atom. The molecule has 0 unspecified atom stereocenters. The molecule has 3 amide bonds. The van der Waals surface area contributed by atoms with Crippen LogP contribution in [0.15, 0.2) is 91.0 Å². The third-order valence-corrected chi connectivity index (χ3v) is 8.10. The Morgan fingerprint density at radius 2 is 1.57 bits per heavy atom. The van der Waals surface area contributed by atoms with Crippen LogP contribution in [0, 0.1) is 13.8 Å². The van der Waals surface area contributed by atoms with Crippen molar-refractivity contribution in [3.8, 4) is 5.69 Å². The van der Waals surface area contributed by atoms with Crippen LogP contribution in [-0.4, -0.2) is 37.2 Å². The van der Waals surface area contributed by atoms with E-state index in [1.807, 2.05) is 0 Å². The van der Waals surface area contributed by atoms with E-state index in [0.717, 1.165) is 12.1 Å². The molecule has 3 aromatic heterocycles. The summed E-state index contributed by atoms with van der Waals surface area (Å²) in [4.78, 5) is 51.8. The molecule has 0 bridgehead atoms. The number of nitrogens with zero attached hydrogens (tertiary/aromatic N) is 4. The highest BCUT2D eigenvalue weighted by molar-refractivity contribution is 7.18.